The van der Waals surface area contributed by atoms with Gasteiger partial charge in [0.1, 0.15) is 6.61 Å². The van der Waals surface area contributed by atoms with E-state index in [1.807, 2.05) is 30.3 Å². The van der Waals surface area contributed by atoms with Gasteiger partial charge in [-0.2, -0.15) is 0 Å². The lowest BCUT2D eigenvalue weighted by atomic mass is 9.85. The van der Waals surface area contributed by atoms with Crippen LogP contribution in [-0.4, -0.2) is 50.1 Å². The van der Waals surface area contributed by atoms with Crippen LogP contribution in [0.15, 0.2) is 36.5 Å². The maximum Gasteiger partial charge on any atom is 0.410 e. The van der Waals surface area contributed by atoms with E-state index in [9.17, 15) is 23.6 Å². The Labute approximate surface area is 231 Å². The number of hydrogen-bond acceptors (Lipinski definition) is 6. The van der Waals surface area contributed by atoms with Crippen molar-refractivity contribution in [1.29, 1.82) is 0 Å². The van der Waals surface area contributed by atoms with Crippen molar-refractivity contribution in [2.75, 3.05) is 11.9 Å². The van der Waals surface area contributed by atoms with Gasteiger partial charge in [-0.3, -0.25) is 14.9 Å². The Hall–Kier alpha value is -2.66. The molecule has 1 aliphatic rings. The van der Waals surface area contributed by atoms with E-state index < -0.39 is 50.2 Å². The number of piperidine rings is 1. The number of carbonyl (C=O) groups is 4. The maximum atomic E-state index is 14.8. The molecular weight excluding hydrogens is 573 g/mol. The lowest BCUT2D eigenvalue weighted by Gasteiger charge is -2.36. The Morgan fingerprint density at radius 2 is 1.86 bits per heavy atom. The number of pyridine rings is 1. The Morgan fingerprint density at radius 3 is 2.49 bits per heavy atom. The molecule has 14 heteroatoms. The van der Waals surface area contributed by atoms with Crippen LogP contribution < -0.4 is 10.6 Å². The first-order valence-corrected chi connectivity index (χ1v) is 12.4. The number of ether oxygens (including phenoxy) is 1. The van der Waals surface area contributed by atoms with Crippen LogP contribution in [0.2, 0.25) is 5.15 Å². The predicted octanol–water partition coefficient (Wildman–Crippen LogP) is 5.51. The molecule has 0 aliphatic carbocycles. The predicted molar refractivity (Wildman–Crippen MR) is 137 cm³/mol. The van der Waals surface area contributed by atoms with Gasteiger partial charge in [-0.05, 0) is 25.3 Å². The van der Waals surface area contributed by atoms with Crippen LogP contribution in [0, 0.1) is 11.7 Å². The number of carbonyl (C=O) groups excluding carboxylic acids is 4. The molecule has 2 heterocycles. The van der Waals surface area contributed by atoms with E-state index in [-0.39, 0.29) is 37.6 Å². The molecule has 3 rings (SSSR count). The number of hydrogen-bond donors (Lipinski definition) is 2. The Kier molecular flexibility index (Phi) is 9.57. The molecule has 37 heavy (non-hydrogen) atoms. The Bertz CT molecular complexity index is 1200. The van der Waals surface area contributed by atoms with Gasteiger partial charge in [0.05, 0.1) is 11.3 Å². The lowest BCUT2D eigenvalue weighted by Crippen LogP contribution is -2.46. The zero-order valence-electron chi connectivity index (χ0n) is 19.3. The molecule has 1 fully saturated rings. The second-order valence-corrected chi connectivity index (χ2v) is 10.9. The van der Waals surface area contributed by atoms with E-state index in [2.05, 4.69) is 10.3 Å². The van der Waals surface area contributed by atoms with Gasteiger partial charge in [-0.25, -0.2) is 19.0 Å². The number of aromatic nitrogens is 1. The number of rotatable bonds is 5. The second-order valence-electron chi connectivity index (χ2n) is 8.23. The van der Waals surface area contributed by atoms with Gasteiger partial charge in [0.15, 0.2) is 16.8 Å². The number of halogens is 5. The molecule has 1 saturated heterocycles. The summed E-state index contributed by atoms with van der Waals surface area (Å²) in [4.78, 5) is 55.0. The number of amides is 4. The van der Waals surface area contributed by atoms with Crippen molar-refractivity contribution in [1.82, 2.24) is 15.2 Å². The van der Waals surface area contributed by atoms with Crippen LogP contribution in [0.1, 0.15) is 35.7 Å². The van der Waals surface area contributed by atoms with Crippen LogP contribution in [-0.2, 0) is 16.1 Å². The van der Waals surface area contributed by atoms with E-state index in [0.717, 1.165) is 11.8 Å². The van der Waals surface area contributed by atoms with Crippen molar-refractivity contribution in [3.8, 4) is 0 Å². The summed E-state index contributed by atoms with van der Waals surface area (Å²) in [6, 6.07) is 7.58. The van der Waals surface area contributed by atoms with Crippen LogP contribution in [0.5, 0.6) is 0 Å². The highest BCUT2D eigenvalue weighted by Crippen LogP contribution is 2.32. The van der Waals surface area contributed by atoms with Crippen molar-refractivity contribution in [3.63, 3.8) is 0 Å². The average Bonchev–Trinajstić information content (AvgIpc) is 2.85. The quantitative estimate of drug-likeness (QED) is 0.268. The summed E-state index contributed by atoms with van der Waals surface area (Å²) in [5.74, 6) is -3.63. The molecule has 0 bridgehead atoms. The minimum absolute atomic E-state index is 0.110. The summed E-state index contributed by atoms with van der Waals surface area (Å²) >= 11 is 22.0. The SMILES string of the molecule is C[C@H]1CC(C(=O)c2cnc(Cl)c(F)c2NC(=O)NC(=O)C(Cl)(Cl)Cl)CCN1C(=O)OCc1ccccc1. The molecule has 1 aromatic heterocycles. The van der Waals surface area contributed by atoms with E-state index in [4.69, 9.17) is 51.1 Å². The third-order valence-electron chi connectivity index (χ3n) is 5.65. The van der Waals surface area contributed by atoms with E-state index in [0.29, 0.717) is 0 Å². The van der Waals surface area contributed by atoms with Gasteiger partial charge in [0.25, 0.3) is 9.70 Å². The van der Waals surface area contributed by atoms with Gasteiger partial charge < -0.3 is 15.0 Å². The smallest absolute Gasteiger partial charge is 0.410 e. The number of ketones is 1. The molecular formula is C23H21Cl4FN4O5. The Morgan fingerprint density at radius 1 is 1.19 bits per heavy atom. The number of nitrogens with zero attached hydrogens (tertiary/aromatic N) is 2. The molecule has 198 valence electrons. The van der Waals surface area contributed by atoms with Crippen molar-refractivity contribution in [3.05, 3.63) is 58.6 Å². The summed E-state index contributed by atoms with van der Waals surface area (Å²) in [6.45, 7) is 2.09. The first-order valence-electron chi connectivity index (χ1n) is 10.9. The molecule has 9 nitrogen and oxygen atoms in total. The van der Waals surface area contributed by atoms with Crippen molar-refractivity contribution in [2.45, 2.75) is 36.2 Å². The molecule has 2 aromatic rings. The molecule has 1 aliphatic heterocycles. The van der Waals surface area contributed by atoms with Crippen LogP contribution >= 0.6 is 46.4 Å². The van der Waals surface area contributed by atoms with Crippen LogP contribution in [0.4, 0.5) is 19.7 Å². The number of benzene rings is 1. The largest absolute Gasteiger partial charge is 0.445 e. The van der Waals surface area contributed by atoms with Crippen LogP contribution in [0.25, 0.3) is 0 Å². The highest BCUT2D eigenvalue weighted by molar-refractivity contribution is 6.76. The first kappa shape index (κ1) is 28.9. The summed E-state index contributed by atoms with van der Waals surface area (Å²) in [6.07, 6.45) is 1.01. The molecule has 1 aromatic carbocycles. The number of alkyl halides is 3. The highest BCUT2D eigenvalue weighted by Gasteiger charge is 2.36. The van der Waals surface area contributed by atoms with Crippen molar-refractivity contribution < 1.29 is 28.3 Å². The number of likely N-dealkylation sites (tertiary alicyclic amines) is 1. The van der Waals surface area contributed by atoms with Crippen LogP contribution in [0.3, 0.4) is 0 Å². The minimum Gasteiger partial charge on any atom is -0.445 e. The fourth-order valence-corrected chi connectivity index (χ4v) is 4.08. The molecule has 0 radical (unpaired) electrons. The summed E-state index contributed by atoms with van der Waals surface area (Å²) in [7, 11) is 0. The van der Waals surface area contributed by atoms with Gasteiger partial charge >= 0.3 is 12.1 Å². The standard InChI is InChI=1S/C23H21Cl4FN4O5/c1-12-9-14(7-8-32(12)22(36)37-11-13-5-3-2-4-6-13)18(33)15-10-29-19(24)16(28)17(15)30-21(35)31-20(34)23(25,26)27/h2-6,10,12,14H,7-9,11H2,1H3,(H2,29,30,31,34,35)/t12-,14?/m0/s1. The third kappa shape index (κ3) is 7.44. The fraction of sp³-hybridized carbons (Fsp3) is 0.348. The average molecular weight is 594 g/mol. The number of imide groups is 1. The number of nitrogens with one attached hydrogen (secondary N) is 2. The molecule has 0 spiro atoms. The number of Topliss-reactive ketones (excluding diaryl/α,β-unsaturated/α-hetero) is 1. The van der Waals surface area contributed by atoms with Gasteiger partial charge in [0, 0.05) is 24.7 Å². The summed E-state index contributed by atoms with van der Waals surface area (Å²) in [5.41, 5.74) is -0.0157. The zero-order chi connectivity index (χ0) is 27.3. The van der Waals surface area contributed by atoms with E-state index in [1.54, 1.807) is 12.2 Å². The first-order chi connectivity index (χ1) is 17.4. The highest BCUT2D eigenvalue weighted by atomic mass is 35.6. The lowest BCUT2D eigenvalue weighted by molar-refractivity contribution is -0.119. The monoisotopic (exact) mass is 592 g/mol. The van der Waals surface area contributed by atoms with E-state index >= 15 is 0 Å². The molecule has 2 atom stereocenters. The minimum atomic E-state index is -2.45. The molecule has 2 N–H and O–H groups in total. The normalized spacial score (nSPS) is 17.6. The van der Waals surface area contributed by atoms with Gasteiger partial charge in [0.2, 0.25) is 0 Å². The maximum absolute atomic E-state index is 14.8. The summed E-state index contributed by atoms with van der Waals surface area (Å²) < 4.78 is 17.7. The van der Waals surface area contributed by atoms with E-state index in [1.165, 1.54) is 4.90 Å². The van der Waals surface area contributed by atoms with Crippen molar-refractivity contribution in [2.24, 2.45) is 5.92 Å². The fourth-order valence-electron chi connectivity index (χ4n) is 3.80. The third-order valence-corrected chi connectivity index (χ3v) is 6.43. The van der Waals surface area contributed by atoms with Gasteiger partial charge in [-0.1, -0.05) is 76.7 Å². The number of anilines is 1. The number of urea groups is 1. The second kappa shape index (κ2) is 12.3. The van der Waals surface area contributed by atoms with Gasteiger partial charge in [-0.15, -0.1) is 0 Å². The molecule has 0 saturated carbocycles. The summed E-state index contributed by atoms with van der Waals surface area (Å²) in [5, 5.41) is 3.18. The molecule has 1 unspecified atom stereocenters. The zero-order valence-corrected chi connectivity index (χ0v) is 22.3. The Balaban J connectivity index is 1.69. The molecule has 4 amide bonds. The van der Waals surface area contributed by atoms with Crippen molar-refractivity contribution >= 4 is 75.9 Å². The topological polar surface area (TPSA) is 118 Å².